The Morgan fingerprint density at radius 2 is 2.33 bits per heavy atom. The molecule has 0 spiro atoms. The van der Waals surface area contributed by atoms with Gasteiger partial charge in [-0.2, -0.15) is 5.26 Å². The number of rotatable bonds is 3. The number of esters is 1. The number of benzene rings is 1. The first-order chi connectivity index (χ1) is 8.60. The minimum absolute atomic E-state index is 0.0653. The number of halogens is 1. The zero-order valence-electron chi connectivity index (χ0n) is 9.76. The molecule has 0 aliphatic heterocycles. The third-order valence-corrected chi connectivity index (χ3v) is 2.76. The van der Waals surface area contributed by atoms with E-state index in [2.05, 4.69) is 0 Å². The quantitative estimate of drug-likeness (QED) is 0.799. The van der Waals surface area contributed by atoms with Gasteiger partial charge in [0.1, 0.15) is 12.6 Å². The highest BCUT2D eigenvalue weighted by atomic mass is 35.5. The average Bonchev–Trinajstić information content (AvgIpc) is 2.71. The number of carbonyl (C=O) groups excluding carboxylic acids is 1. The molecule has 2 aromatic rings. The molecular formula is C13H11ClN2O2. The predicted octanol–water partition coefficient (Wildman–Crippen LogP) is 2.75. The van der Waals surface area contributed by atoms with Gasteiger partial charge in [0.05, 0.1) is 5.52 Å². The summed E-state index contributed by atoms with van der Waals surface area (Å²) in [6, 6.07) is 9.22. The van der Waals surface area contributed by atoms with Crippen molar-refractivity contribution in [3.05, 3.63) is 35.5 Å². The normalized spacial score (nSPS) is 12.1. The van der Waals surface area contributed by atoms with E-state index < -0.39 is 12.1 Å². The van der Waals surface area contributed by atoms with Crippen molar-refractivity contribution in [2.75, 3.05) is 0 Å². The topological polar surface area (TPSA) is 55.0 Å². The third-order valence-electron chi connectivity index (χ3n) is 2.53. The second-order valence-electron chi connectivity index (χ2n) is 3.91. The maximum absolute atomic E-state index is 11.6. The molecule has 0 bridgehead atoms. The van der Waals surface area contributed by atoms with Crippen LogP contribution in [0.25, 0.3) is 10.9 Å². The molecule has 4 nitrogen and oxygen atoms in total. The van der Waals surface area contributed by atoms with Gasteiger partial charge in [-0.3, -0.25) is 4.79 Å². The van der Waals surface area contributed by atoms with E-state index >= 15 is 0 Å². The van der Waals surface area contributed by atoms with Crippen molar-refractivity contribution in [1.29, 1.82) is 5.26 Å². The second kappa shape index (κ2) is 5.11. The Hall–Kier alpha value is -1.99. The molecule has 0 aliphatic carbocycles. The molecule has 1 unspecified atom stereocenters. The lowest BCUT2D eigenvalue weighted by Crippen LogP contribution is -2.17. The molecule has 1 aromatic carbocycles. The average molecular weight is 263 g/mol. The van der Waals surface area contributed by atoms with Gasteiger partial charge in [-0.15, -0.1) is 0 Å². The molecular weight excluding hydrogens is 252 g/mol. The van der Waals surface area contributed by atoms with Crippen molar-refractivity contribution in [2.24, 2.45) is 0 Å². The number of ether oxygens (including phenoxy) is 1. The summed E-state index contributed by atoms with van der Waals surface area (Å²) in [5.41, 5.74) is 0.865. The van der Waals surface area contributed by atoms with Gasteiger partial charge in [0.2, 0.25) is 0 Å². The minimum Gasteiger partial charge on any atom is -0.446 e. The van der Waals surface area contributed by atoms with Gasteiger partial charge >= 0.3 is 5.97 Å². The van der Waals surface area contributed by atoms with Crippen LogP contribution in [0.3, 0.4) is 0 Å². The van der Waals surface area contributed by atoms with Crippen molar-refractivity contribution in [3.8, 4) is 6.07 Å². The monoisotopic (exact) mass is 262 g/mol. The second-order valence-corrected chi connectivity index (χ2v) is 4.34. The van der Waals surface area contributed by atoms with Crippen molar-refractivity contribution in [2.45, 2.75) is 19.6 Å². The Kier molecular flexibility index (Phi) is 3.54. The smallest absolute Gasteiger partial charge is 0.327 e. The van der Waals surface area contributed by atoms with E-state index in [1.807, 2.05) is 18.2 Å². The van der Waals surface area contributed by atoms with E-state index in [-0.39, 0.29) is 6.54 Å². The van der Waals surface area contributed by atoms with Crippen molar-refractivity contribution >= 4 is 28.5 Å². The van der Waals surface area contributed by atoms with Crippen LogP contribution in [0.15, 0.2) is 30.5 Å². The molecule has 0 radical (unpaired) electrons. The van der Waals surface area contributed by atoms with Gasteiger partial charge in [0.25, 0.3) is 0 Å². The largest absolute Gasteiger partial charge is 0.446 e. The highest BCUT2D eigenvalue weighted by Crippen LogP contribution is 2.20. The first-order valence-corrected chi connectivity index (χ1v) is 5.81. The SMILES string of the molecule is CC(C#N)OC(=O)Cn1ccc2ccc(Cl)cc21. The van der Waals surface area contributed by atoms with Crippen molar-refractivity contribution in [3.63, 3.8) is 0 Å². The van der Waals surface area contributed by atoms with Crippen LogP contribution in [0.1, 0.15) is 6.92 Å². The number of carbonyl (C=O) groups is 1. The summed E-state index contributed by atoms with van der Waals surface area (Å²) in [6.07, 6.45) is 1.06. The van der Waals surface area contributed by atoms with E-state index in [4.69, 9.17) is 21.6 Å². The van der Waals surface area contributed by atoms with Crippen LogP contribution >= 0.6 is 11.6 Å². The molecule has 0 amide bonds. The first-order valence-electron chi connectivity index (χ1n) is 5.43. The van der Waals surface area contributed by atoms with Gasteiger partial charge in [-0.1, -0.05) is 17.7 Å². The molecule has 0 saturated carbocycles. The van der Waals surface area contributed by atoms with E-state index in [0.29, 0.717) is 5.02 Å². The Morgan fingerprint density at radius 1 is 1.56 bits per heavy atom. The van der Waals surface area contributed by atoms with Crippen LogP contribution in [0.4, 0.5) is 0 Å². The molecule has 18 heavy (non-hydrogen) atoms. The number of hydrogen-bond donors (Lipinski definition) is 0. The van der Waals surface area contributed by atoms with Gasteiger partial charge in [0, 0.05) is 11.2 Å². The number of hydrogen-bond acceptors (Lipinski definition) is 3. The summed E-state index contributed by atoms with van der Waals surface area (Å²) in [5, 5.41) is 10.2. The molecule has 92 valence electrons. The fourth-order valence-electron chi connectivity index (χ4n) is 1.69. The summed E-state index contributed by atoms with van der Waals surface area (Å²) in [7, 11) is 0. The van der Waals surface area contributed by atoms with E-state index in [9.17, 15) is 4.79 Å². The highest BCUT2D eigenvalue weighted by molar-refractivity contribution is 6.31. The zero-order chi connectivity index (χ0) is 13.1. The Morgan fingerprint density at radius 3 is 3.06 bits per heavy atom. The molecule has 0 aliphatic rings. The molecule has 1 heterocycles. The fraction of sp³-hybridized carbons (Fsp3) is 0.231. The van der Waals surface area contributed by atoms with E-state index in [0.717, 1.165) is 10.9 Å². The van der Waals surface area contributed by atoms with Crippen LogP contribution in [-0.4, -0.2) is 16.6 Å². The highest BCUT2D eigenvalue weighted by Gasteiger charge is 2.10. The lowest BCUT2D eigenvalue weighted by molar-refractivity contribution is -0.146. The van der Waals surface area contributed by atoms with Gasteiger partial charge in [0.15, 0.2) is 6.10 Å². The van der Waals surface area contributed by atoms with Crippen molar-refractivity contribution in [1.82, 2.24) is 4.57 Å². The zero-order valence-corrected chi connectivity index (χ0v) is 10.5. The number of fused-ring (bicyclic) bond motifs is 1. The van der Waals surface area contributed by atoms with Gasteiger partial charge in [-0.05, 0) is 30.5 Å². The molecule has 0 N–H and O–H groups in total. The Balaban J connectivity index is 2.20. The maximum atomic E-state index is 11.6. The first kappa shape index (κ1) is 12.5. The summed E-state index contributed by atoms with van der Waals surface area (Å²) in [6.45, 7) is 1.60. The molecule has 1 aromatic heterocycles. The summed E-state index contributed by atoms with van der Waals surface area (Å²) >= 11 is 5.92. The predicted molar refractivity (Wildman–Crippen MR) is 68.1 cm³/mol. The summed E-state index contributed by atoms with van der Waals surface area (Å²) in [5.74, 6) is -0.443. The number of nitrogens with zero attached hydrogens (tertiary/aromatic N) is 2. The van der Waals surface area contributed by atoms with Gasteiger partial charge < -0.3 is 9.30 Å². The number of nitriles is 1. The summed E-state index contributed by atoms with van der Waals surface area (Å²) in [4.78, 5) is 11.6. The molecule has 5 heteroatoms. The maximum Gasteiger partial charge on any atom is 0.327 e. The molecule has 0 fully saturated rings. The fourth-order valence-corrected chi connectivity index (χ4v) is 1.86. The standard InChI is InChI=1S/C13H11ClN2O2/c1-9(7-15)18-13(17)8-16-5-4-10-2-3-11(14)6-12(10)16/h2-6,9H,8H2,1H3. The Labute approximate surface area is 109 Å². The van der Waals surface area contributed by atoms with Gasteiger partial charge in [-0.25, -0.2) is 0 Å². The third kappa shape index (κ3) is 2.63. The van der Waals surface area contributed by atoms with Crippen LogP contribution in [0.5, 0.6) is 0 Å². The van der Waals surface area contributed by atoms with Crippen molar-refractivity contribution < 1.29 is 9.53 Å². The lowest BCUT2D eigenvalue weighted by atomic mass is 10.2. The lowest BCUT2D eigenvalue weighted by Gasteiger charge is -2.08. The van der Waals surface area contributed by atoms with Crippen LogP contribution in [0, 0.1) is 11.3 Å². The summed E-state index contributed by atoms with van der Waals surface area (Å²) < 4.78 is 6.64. The number of aromatic nitrogens is 1. The Bertz CT molecular complexity index is 627. The molecule has 0 saturated heterocycles. The van der Waals surface area contributed by atoms with Crippen LogP contribution < -0.4 is 0 Å². The van der Waals surface area contributed by atoms with E-state index in [1.165, 1.54) is 6.92 Å². The molecule has 2 rings (SSSR count). The van der Waals surface area contributed by atoms with E-state index in [1.54, 1.807) is 22.9 Å². The minimum atomic E-state index is -0.733. The van der Waals surface area contributed by atoms with Crippen LogP contribution in [0.2, 0.25) is 5.02 Å². The molecule has 1 atom stereocenters. The van der Waals surface area contributed by atoms with Crippen LogP contribution in [-0.2, 0) is 16.1 Å².